The van der Waals surface area contributed by atoms with Crippen LogP contribution in [0.5, 0.6) is 0 Å². The Bertz CT molecular complexity index is 424. The molecule has 2 N–H and O–H groups in total. The van der Waals surface area contributed by atoms with Crippen molar-refractivity contribution in [2.24, 2.45) is 0 Å². The predicted octanol–water partition coefficient (Wildman–Crippen LogP) is 2.30. The maximum absolute atomic E-state index is 11.9. The molecule has 98 valence electrons. The lowest BCUT2D eigenvalue weighted by Gasteiger charge is -2.12. The summed E-state index contributed by atoms with van der Waals surface area (Å²) in [6.07, 6.45) is 2.28. The van der Waals surface area contributed by atoms with Crippen molar-refractivity contribution in [2.45, 2.75) is 38.9 Å². The fourth-order valence-electron chi connectivity index (χ4n) is 2.19. The smallest absolute Gasteiger partial charge is 0.338 e. The summed E-state index contributed by atoms with van der Waals surface area (Å²) in [6.45, 7) is 4.25. The van der Waals surface area contributed by atoms with Crippen molar-refractivity contribution < 1.29 is 14.3 Å². The van der Waals surface area contributed by atoms with E-state index < -0.39 is 0 Å². The maximum atomic E-state index is 11.9. The minimum Gasteiger partial charge on any atom is -0.459 e. The van der Waals surface area contributed by atoms with Crippen molar-refractivity contribution in [2.75, 3.05) is 12.3 Å². The molecule has 0 aliphatic carbocycles. The zero-order valence-corrected chi connectivity index (χ0v) is 10.8. The Kier molecular flexibility index (Phi) is 3.87. The topological polar surface area (TPSA) is 61.6 Å². The summed E-state index contributed by atoms with van der Waals surface area (Å²) in [4.78, 5) is 11.9. The second-order valence-corrected chi connectivity index (χ2v) is 4.88. The first-order valence-corrected chi connectivity index (χ1v) is 6.24. The molecule has 2 rings (SSSR count). The van der Waals surface area contributed by atoms with Crippen LogP contribution in [0.3, 0.4) is 0 Å². The predicted molar refractivity (Wildman–Crippen MR) is 69.4 cm³/mol. The number of ether oxygens (including phenoxy) is 2. The van der Waals surface area contributed by atoms with Gasteiger partial charge in [0.2, 0.25) is 0 Å². The largest absolute Gasteiger partial charge is 0.459 e. The van der Waals surface area contributed by atoms with E-state index in [4.69, 9.17) is 15.2 Å². The van der Waals surface area contributed by atoms with Crippen molar-refractivity contribution >= 4 is 11.7 Å². The summed E-state index contributed by atoms with van der Waals surface area (Å²) >= 11 is 0. The molecule has 0 spiro atoms. The van der Waals surface area contributed by atoms with Crippen LogP contribution in [0.1, 0.15) is 35.7 Å². The highest BCUT2D eigenvalue weighted by molar-refractivity contribution is 5.90. The Morgan fingerprint density at radius 1 is 1.44 bits per heavy atom. The third-order valence-electron chi connectivity index (χ3n) is 3.06. The van der Waals surface area contributed by atoms with E-state index in [1.165, 1.54) is 0 Å². The number of nitrogens with two attached hydrogens (primary N) is 1. The van der Waals surface area contributed by atoms with Crippen LogP contribution in [0.4, 0.5) is 5.69 Å². The lowest BCUT2D eigenvalue weighted by atomic mass is 10.1. The first kappa shape index (κ1) is 12.9. The fraction of sp³-hybridized carbons (Fsp3) is 0.500. The van der Waals surface area contributed by atoms with Crippen LogP contribution in [0.15, 0.2) is 18.2 Å². The summed E-state index contributed by atoms with van der Waals surface area (Å²) in [7, 11) is 0. The number of hydrogen-bond acceptors (Lipinski definition) is 4. The van der Waals surface area contributed by atoms with Crippen molar-refractivity contribution in [1.82, 2.24) is 0 Å². The van der Waals surface area contributed by atoms with Gasteiger partial charge >= 0.3 is 5.97 Å². The Morgan fingerprint density at radius 2 is 2.22 bits per heavy atom. The lowest BCUT2D eigenvalue weighted by molar-refractivity contribution is -0.00265. The van der Waals surface area contributed by atoms with Gasteiger partial charge in [-0.05, 0) is 50.5 Å². The van der Waals surface area contributed by atoms with Gasteiger partial charge < -0.3 is 15.2 Å². The number of hydrogen-bond donors (Lipinski definition) is 1. The minimum absolute atomic E-state index is 0.0334. The van der Waals surface area contributed by atoms with Crippen LogP contribution in [0.25, 0.3) is 0 Å². The molecule has 0 aromatic heterocycles. The molecular formula is C14H19NO3. The van der Waals surface area contributed by atoms with E-state index in [1.807, 2.05) is 19.9 Å². The summed E-state index contributed by atoms with van der Waals surface area (Å²) in [5.41, 5.74) is 7.73. The number of benzene rings is 1. The van der Waals surface area contributed by atoms with E-state index >= 15 is 0 Å². The minimum atomic E-state index is -0.339. The van der Waals surface area contributed by atoms with Gasteiger partial charge in [-0.3, -0.25) is 0 Å². The average molecular weight is 249 g/mol. The maximum Gasteiger partial charge on any atom is 0.338 e. The summed E-state index contributed by atoms with van der Waals surface area (Å²) in [5.74, 6) is -0.339. The van der Waals surface area contributed by atoms with Gasteiger partial charge in [-0.15, -0.1) is 0 Å². The zero-order valence-electron chi connectivity index (χ0n) is 10.8. The fourth-order valence-corrected chi connectivity index (χ4v) is 2.19. The Labute approximate surface area is 107 Å². The highest BCUT2D eigenvalue weighted by Crippen LogP contribution is 2.20. The molecule has 0 saturated carbocycles. The molecule has 1 saturated heterocycles. The molecule has 18 heavy (non-hydrogen) atoms. The number of rotatable bonds is 3. The van der Waals surface area contributed by atoms with Gasteiger partial charge in [0.25, 0.3) is 0 Å². The van der Waals surface area contributed by atoms with E-state index in [2.05, 4.69) is 0 Å². The molecule has 4 nitrogen and oxygen atoms in total. The number of carbonyl (C=O) groups excluding carboxylic acids is 1. The summed E-state index contributed by atoms with van der Waals surface area (Å²) in [5, 5.41) is 0. The third-order valence-corrected chi connectivity index (χ3v) is 3.06. The average Bonchev–Trinajstić information content (AvgIpc) is 2.70. The summed E-state index contributed by atoms with van der Waals surface area (Å²) in [6, 6.07) is 5.23. The quantitative estimate of drug-likeness (QED) is 0.659. The van der Waals surface area contributed by atoms with Crippen molar-refractivity contribution in [3.05, 3.63) is 29.3 Å². The highest BCUT2D eigenvalue weighted by atomic mass is 16.6. The first-order valence-electron chi connectivity index (χ1n) is 6.24. The van der Waals surface area contributed by atoms with Gasteiger partial charge in [0.05, 0.1) is 17.8 Å². The van der Waals surface area contributed by atoms with E-state index in [1.54, 1.807) is 12.1 Å². The molecule has 2 unspecified atom stereocenters. The van der Waals surface area contributed by atoms with Crippen LogP contribution >= 0.6 is 0 Å². The van der Waals surface area contributed by atoms with Gasteiger partial charge in [-0.1, -0.05) is 0 Å². The second-order valence-electron chi connectivity index (χ2n) is 4.88. The van der Waals surface area contributed by atoms with Crippen molar-refractivity contribution in [1.29, 1.82) is 0 Å². The third kappa shape index (κ3) is 3.23. The van der Waals surface area contributed by atoms with E-state index in [-0.39, 0.29) is 18.2 Å². The van der Waals surface area contributed by atoms with Gasteiger partial charge in [-0.2, -0.15) is 0 Å². The van der Waals surface area contributed by atoms with Crippen LogP contribution < -0.4 is 5.73 Å². The molecule has 4 heteroatoms. The van der Waals surface area contributed by atoms with Gasteiger partial charge in [-0.25, -0.2) is 4.79 Å². The molecule has 0 bridgehead atoms. The molecule has 2 atom stereocenters. The van der Waals surface area contributed by atoms with Crippen LogP contribution in [-0.4, -0.2) is 24.8 Å². The van der Waals surface area contributed by atoms with Crippen LogP contribution in [0.2, 0.25) is 0 Å². The molecule has 0 amide bonds. The summed E-state index contributed by atoms with van der Waals surface area (Å²) < 4.78 is 10.8. The second kappa shape index (κ2) is 5.40. The number of anilines is 1. The van der Waals surface area contributed by atoms with Crippen LogP contribution in [0, 0.1) is 6.92 Å². The molecule has 0 radical (unpaired) electrons. The van der Waals surface area contributed by atoms with Gasteiger partial charge in [0, 0.05) is 5.69 Å². The molecule has 1 aliphatic heterocycles. The van der Waals surface area contributed by atoms with E-state index in [9.17, 15) is 4.79 Å². The lowest BCUT2D eigenvalue weighted by Crippen LogP contribution is -2.19. The first-order chi connectivity index (χ1) is 8.54. The number of esters is 1. The highest BCUT2D eigenvalue weighted by Gasteiger charge is 2.23. The number of aryl methyl sites for hydroxylation is 1. The molecular weight excluding hydrogens is 230 g/mol. The molecule has 1 aromatic carbocycles. The molecule has 1 aromatic rings. The monoisotopic (exact) mass is 249 g/mol. The number of nitrogen functional groups attached to an aromatic ring is 1. The SMILES string of the molecule is Cc1cc(N)cc(C(=O)OCC2CCC(C)O2)c1. The molecule has 1 aliphatic rings. The van der Waals surface area contributed by atoms with E-state index in [0.717, 1.165) is 18.4 Å². The number of carbonyl (C=O) groups is 1. The molecule has 1 heterocycles. The normalized spacial score (nSPS) is 23.0. The van der Waals surface area contributed by atoms with Crippen molar-refractivity contribution in [3.8, 4) is 0 Å². The van der Waals surface area contributed by atoms with E-state index in [0.29, 0.717) is 17.9 Å². The standard InChI is InChI=1S/C14H19NO3/c1-9-5-11(7-12(15)6-9)14(16)17-8-13-4-3-10(2)18-13/h5-7,10,13H,3-4,8,15H2,1-2H3. The van der Waals surface area contributed by atoms with Crippen molar-refractivity contribution in [3.63, 3.8) is 0 Å². The Hall–Kier alpha value is -1.55. The van der Waals surface area contributed by atoms with Gasteiger partial charge in [0.15, 0.2) is 0 Å². The van der Waals surface area contributed by atoms with Gasteiger partial charge in [0.1, 0.15) is 6.61 Å². The Morgan fingerprint density at radius 3 is 2.83 bits per heavy atom. The van der Waals surface area contributed by atoms with Crippen LogP contribution in [-0.2, 0) is 9.47 Å². The Balaban J connectivity index is 1.91. The molecule has 1 fully saturated rings. The zero-order chi connectivity index (χ0) is 13.1.